The van der Waals surface area contributed by atoms with E-state index in [1.165, 1.54) is 5.56 Å². The third-order valence-electron chi connectivity index (χ3n) is 4.44. The summed E-state index contributed by atoms with van der Waals surface area (Å²) >= 11 is 3.47. The molecule has 140 valence electrons. The zero-order chi connectivity index (χ0) is 18.6. The first-order chi connectivity index (χ1) is 13.2. The Morgan fingerprint density at radius 1 is 1.22 bits per heavy atom. The fourth-order valence-electron chi connectivity index (χ4n) is 2.92. The number of benzene rings is 2. The van der Waals surface area contributed by atoms with Crippen molar-refractivity contribution in [1.29, 1.82) is 0 Å². The van der Waals surface area contributed by atoms with Gasteiger partial charge in [0.1, 0.15) is 11.3 Å². The van der Waals surface area contributed by atoms with Crippen molar-refractivity contribution in [2.24, 2.45) is 4.99 Å². The van der Waals surface area contributed by atoms with Crippen LogP contribution in [0.15, 0.2) is 47.5 Å². The average Bonchev–Trinajstić information content (AvgIpc) is 3.28. The van der Waals surface area contributed by atoms with Crippen molar-refractivity contribution >= 4 is 49.3 Å². The number of rotatable bonds is 6. The van der Waals surface area contributed by atoms with Gasteiger partial charge >= 0.3 is 0 Å². The van der Waals surface area contributed by atoms with E-state index in [0.717, 1.165) is 57.2 Å². The second-order valence-corrected chi connectivity index (χ2v) is 8.43. The van der Waals surface area contributed by atoms with Crippen molar-refractivity contribution in [3.8, 4) is 5.75 Å². The molecule has 1 N–H and O–H groups in total. The van der Waals surface area contributed by atoms with Gasteiger partial charge in [0.25, 0.3) is 0 Å². The van der Waals surface area contributed by atoms with Gasteiger partial charge in [-0.15, -0.1) is 0 Å². The molecule has 0 atom stereocenters. The van der Waals surface area contributed by atoms with E-state index in [4.69, 9.17) is 9.73 Å². The lowest BCUT2D eigenvalue weighted by Gasteiger charge is -2.09. The van der Waals surface area contributed by atoms with Gasteiger partial charge in [-0.05, 0) is 36.2 Å². The molecule has 0 saturated carbocycles. The van der Waals surface area contributed by atoms with Crippen LogP contribution in [-0.2, 0) is 6.42 Å². The Balaban J connectivity index is 1.35. The van der Waals surface area contributed by atoms with Crippen molar-refractivity contribution in [1.82, 2.24) is 9.88 Å². The Kier molecular flexibility index (Phi) is 5.50. The third kappa shape index (κ3) is 4.20. The third-order valence-corrected chi connectivity index (χ3v) is 6.46. The first-order valence-corrected chi connectivity index (χ1v) is 10.7. The maximum absolute atomic E-state index is 5.38. The van der Waals surface area contributed by atoms with Crippen molar-refractivity contribution in [2.45, 2.75) is 6.42 Å². The molecular weight excluding hydrogens is 376 g/mol. The minimum atomic E-state index is 0.820. The van der Waals surface area contributed by atoms with E-state index < -0.39 is 0 Å². The highest BCUT2D eigenvalue weighted by atomic mass is 32.2. The van der Waals surface area contributed by atoms with Gasteiger partial charge in [-0.3, -0.25) is 0 Å². The SMILES string of the molecule is COc1cccc2sc(NCCc3ccc(N=C4SCCN4C)cc3)nc12. The largest absolute Gasteiger partial charge is 0.494 e. The molecule has 0 spiro atoms. The lowest BCUT2D eigenvalue weighted by molar-refractivity contribution is 0.419. The van der Waals surface area contributed by atoms with E-state index in [0.29, 0.717) is 0 Å². The van der Waals surface area contributed by atoms with Gasteiger partial charge in [0.2, 0.25) is 0 Å². The van der Waals surface area contributed by atoms with Gasteiger partial charge < -0.3 is 15.0 Å². The summed E-state index contributed by atoms with van der Waals surface area (Å²) in [6.45, 7) is 1.92. The van der Waals surface area contributed by atoms with Crippen LogP contribution in [0.2, 0.25) is 0 Å². The summed E-state index contributed by atoms with van der Waals surface area (Å²) in [5.74, 6) is 1.94. The highest BCUT2D eigenvalue weighted by molar-refractivity contribution is 8.14. The summed E-state index contributed by atoms with van der Waals surface area (Å²) in [6.07, 6.45) is 0.943. The number of methoxy groups -OCH3 is 1. The van der Waals surface area contributed by atoms with Crippen molar-refractivity contribution in [2.75, 3.05) is 38.3 Å². The topological polar surface area (TPSA) is 49.8 Å². The molecule has 5 nitrogen and oxygen atoms in total. The molecule has 3 aromatic rings. The molecule has 1 aromatic heterocycles. The Morgan fingerprint density at radius 2 is 2.07 bits per heavy atom. The molecule has 0 unspecified atom stereocenters. The fourth-order valence-corrected chi connectivity index (χ4v) is 4.86. The molecular formula is C20H22N4OS2. The first-order valence-electron chi connectivity index (χ1n) is 8.92. The van der Waals surface area contributed by atoms with Crippen LogP contribution >= 0.6 is 23.1 Å². The van der Waals surface area contributed by atoms with E-state index in [-0.39, 0.29) is 0 Å². The van der Waals surface area contributed by atoms with Gasteiger partial charge in [0, 0.05) is 25.9 Å². The molecule has 7 heteroatoms. The monoisotopic (exact) mass is 398 g/mol. The molecule has 2 aromatic carbocycles. The highest BCUT2D eigenvalue weighted by Crippen LogP contribution is 2.32. The zero-order valence-corrected chi connectivity index (χ0v) is 17.1. The van der Waals surface area contributed by atoms with E-state index in [9.17, 15) is 0 Å². The van der Waals surface area contributed by atoms with Crippen molar-refractivity contribution in [3.05, 3.63) is 48.0 Å². The quantitative estimate of drug-likeness (QED) is 0.656. The molecule has 0 radical (unpaired) electrons. The Bertz CT molecular complexity index is 952. The number of aromatic nitrogens is 1. The number of hydrogen-bond acceptors (Lipinski definition) is 6. The second-order valence-electron chi connectivity index (χ2n) is 6.33. The van der Waals surface area contributed by atoms with E-state index in [1.807, 2.05) is 23.9 Å². The first kappa shape index (κ1) is 18.1. The van der Waals surface area contributed by atoms with E-state index in [2.05, 4.69) is 52.6 Å². The number of nitrogens with zero attached hydrogens (tertiary/aromatic N) is 3. The summed E-state index contributed by atoms with van der Waals surface area (Å²) < 4.78 is 6.52. The second kappa shape index (κ2) is 8.19. The fraction of sp³-hybridized carbons (Fsp3) is 0.300. The number of para-hydroxylation sites is 1. The van der Waals surface area contributed by atoms with E-state index >= 15 is 0 Å². The number of hydrogen-bond donors (Lipinski definition) is 1. The maximum atomic E-state index is 5.38. The minimum absolute atomic E-state index is 0.820. The van der Waals surface area contributed by atoms with Crippen LogP contribution in [0.3, 0.4) is 0 Å². The van der Waals surface area contributed by atoms with Crippen molar-refractivity contribution < 1.29 is 4.74 Å². The molecule has 27 heavy (non-hydrogen) atoms. The predicted octanol–water partition coefficient (Wildman–Crippen LogP) is 4.63. The minimum Gasteiger partial charge on any atom is -0.494 e. The van der Waals surface area contributed by atoms with Crippen LogP contribution in [-0.4, -0.2) is 48.1 Å². The molecule has 0 bridgehead atoms. The lowest BCUT2D eigenvalue weighted by atomic mass is 10.1. The molecule has 4 rings (SSSR count). The van der Waals surface area contributed by atoms with Crippen LogP contribution in [0.25, 0.3) is 10.2 Å². The van der Waals surface area contributed by atoms with Crippen LogP contribution in [0, 0.1) is 0 Å². The molecule has 1 saturated heterocycles. The molecule has 0 aliphatic carbocycles. The van der Waals surface area contributed by atoms with Crippen LogP contribution in [0.5, 0.6) is 5.75 Å². The molecule has 1 aliphatic heterocycles. The predicted molar refractivity (Wildman–Crippen MR) is 117 cm³/mol. The standard InChI is InChI=1S/C20H22N4OS2/c1-24-12-13-26-20(24)22-15-8-6-14(7-9-15)10-11-21-19-23-18-16(25-2)4-3-5-17(18)27-19/h3-9H,10-13H2,1-2H3,(H,21,23). The maximum Gasteiger partial charge on any atom is 0.183 e. The van der Waals surface area contributed by atoms with Gasteiger partial charge in [0.15, 0.2) is 10.3 Å². The Morgan fingerprint density at radius 3 is 2.81 bits per heavy atom. The summed E-state index contributed by atoms with van der Waals surface area (Å²) in [5.41, 5.74) is 3.23. The lowest BCUT2D eigenvalue weighted by Crippen LogP contribution is -2.17. The summed E-state index contributed by atoms with van der Waals surface area (Å²) in [5, 5.41) is 5.46. The zero-order valence-electron chi connectivity index (χ0n) is 15.4. The normalized spacial score (nSPS) is 15.6. The number of anilines is 1. The number of nitrogens with one attached hydrogen (secondary N) is 1. The van der Waals surface area contributed by atoms with Gasteiger partial charge in [-0.25, -0.2) is 9.98 Å². The Labute approximate surface area is 167 Å². The highest BCUT2D eigenvalue weighted by Gasteiger charge is 2.14. The molecule has 1 aliphatic rings. The van der Waals surface area contributed by atoms with Gasteiger partial charge in [-0.1, -0.05) is 41.3 Å². The number of thioether (sulfide) groups is 1. The smallest absolute Gasteiger partial charge is 0.183 e. The number of ether oxygens (including phenoxy) is 1. The molecule has 1 fully saturated rings. The van der Waals surface area contributed by atoms with Crippen LogP contribution < -0.4 is 10.1 Å². The van der Waals surface area contributed by atoms with E-state index in [1.54, 1.807) is 18.4 Å². The average molecular weight is 399 g/mol. The number of thiazole rings is 1. The number of amidine groups is 1. The van der Waals surface area contributed by atoms with Gasteiger partial charge in [-0.2, -0.15) is 0 Å². The molecule has 2 heterocycles. The van der Waals surface area contributed by atoms with Crippen LogP contribution in [0.1, 0.15) is 5.56 Å². The number of aliphatic imine (C=N–C) groups is 1. The Hall–Kier alpha value is -2.25. The van der Waals surface area contributed by atoms with Crippen molar-refractivity contribution in [3.63, 3.8) is 0 Å². The summed E-state index contributed by atoms with van der Waals surface area (Å²) in [6, 6.07) is 14.5. The molecule has 0 amide bonds. The number of fused-ring (bicyclic) bond motifs is 1. The van der Waals surface area contributed by atoms with Crippen LogP contribution in [0.4, 0.5) is 10.8 Å². The van der Waals surface area contributed by atoms with Gasteiger partial charge in [0.05, 0.1) is 17.5 Å². The summed E-state index contributed by atoms with van der Waals surface area (Å²) in [4.78, 5) is 11.6. The summed E-state index contributed by atoms with van der Waals surface area (Å²) in [7, 11) is 3.77.